The second-order valence-electron chi connectivity index (χ2n) is 6.30. The topological polar surface area (TPSA) is 29.5 Å². The summed E-state index contributed by atoms with van der Waals surface area (Å²) in [6, 6.07) is 7.35. The van der Waals surface area contributed by atoms with Crippen LogP contribution in [-0.4, -0.2) is 17.3 Å². The van der Waals surface area contributed by atoms with Crippen molar-refractivity contribution in [3.05, 3.63) is 29.3 Å². The fourth-order valence-electron chi connectivity index (χ4n) is 3.11. The molecular weight excluding hydrogens is 272 g/mol. The maximum absolute atomic E-state index is 10.5. The van der Waals surface area contributed by atoms with Gasteiger partial charge < -0.3 is 9.84 Å². The van der Waals surface area contributed by atoms with Crippen LogP contribution in [0.3, 0.4) is 0 Å². The SMILES string of the molecule is CC1CCC(C(O)C(C)Oc2cccc(Cl)c2)CC1C. The lowest BCUT2D eigenvalue weighted by molar-refractivity contribution is -0.0178. The van der Waals surface area contributed by atoms with Gasteiger partial charge in [-0.15, -0.1) is 0 Å². The molecule has 2 nitrogen and oxygen atoms in total. The van der Waals surface area contributed by atoms with E-state index in [2.05, 4.69) is 13.8 Å². The van der Waals surface area contributed by atoms with E-state index < -0.39 is 6.10 Å². The molecular formula is C17H25ClO2. The zero-order valence-electron chi connectivity index (χ0n) is 12.6. The Bertz CT molecular complexity index is 435. The highest BCUT2D eigenvalue weighted by Gasteiger charge is 2.32. The third-order valence-electron chi connectivity index (χ3n) is 4.72. The summed E-state index contributed by atoms with van der Waals surface area (Å²) in [5, 5.41) is 11.2. The van der Waals surface area contributed by atoms with Gasteiger partial charge >= 0.3 is 0 Å². The highest BCUT2D eigenvalue weighted by molar-refractivity contribution is 6.30. The van der Waals surface area contributed by atoms with Crippen molar-refractivity contribution < 1.29 is 9.84 Å². The minimum absolute atomic E-state index is 0.209. The molecule has 1 saturated carbocycles. The molecule has 0 amide bonds. The van der Waals surface area contributed by atoms with Gasteiger partial charge in [0.15, 0.2) is 0 Å². The Morgan fingerprint density at radius 1 is 1.25 bits per heavy atom. The number of ether oxygens (including phenoxy) is 1. The molecule has 0 spiro atoms. The molecule has 20 heavy (non-hydrogen) atoms. The molecule has 3 heteroatoms. The van der Waals surface area contributed by atoms with E-state index in [1.54, 1.807) is 6.07 Å². The van der Waals surface area contributed by atoms with Gasteiger partial charge in [0, 0.05) is 5.02 Å². The highest BCUT2D eigenvalue weighted by atomic mass is 35.5. The van der Waals surface area contributed by atoms with Gasteiger partial charge in [-0.05, 0) is 55.7 Å². The van der Waals surface area contributed by atoms with Crippen molar-refractivity contribution in [3.63, 3.8) is 0 Å². The number of aliphatic hydroxyl groups is 1. The molecule has 1 aliphatic rings. The van der Waals surface area contributed by atoms with Crippen LogP contribution in [0.5, 0.6) is 5.75 Å². The fourth-order valence-corrected chi connectivity index (χ4v) is 3.29. The van der Waals surface area contributed by atoms with E-state index in [4.69, 9.17) is 16.3 Å². The number of hydrogen-bond acceptors (Lipinski definition) is 2. The molecule has 0 heterocycles. The molecule has 0 aromatic heterocycles. The smallest absolute Gasteiger partial charge is 0.122 e. The van der Waals surface area contributed by atoms with Gasteiger partial charge in [-0.2, -0.15) is 0 Å². The summed E-state index contributed by atoms with van der Waals surface area (Å²) in [6.07, 6.45) is 2.76. The van der Waals surface area contributed by atoms with Gasteiger partial charge in [-0.3, -0.25) is 0 Å². The fraction of sp³-hybridized carbons (Fsp3) is 0.647. The molecule has 1 aromatic rings. The molecule has 2 rings (SSSR count). The van der Waals surface area contributed by atoms with Crippen molar-refractivity contribution in [1.82, 2.24) is 0 Å². The van der Waals surface area contributed by atoms with Crippen LogP contribution >= 0.6 is 11.6 Å². The number of rotatable bonds is 4. The van der Waals surface area contributed by atoms with Crippen molar-refractivity contribution in [2.45, 2.75) is 52.2 Å². The largest absolute Gasteiger partial charge is 0.488 e. The molecule has 0 aliphatic heterocycles. The molecule has 1 N–H and O–H groups in total. The van der Waals surface area contributed by atoms with E-state index >= 15 is 0 Å². The number of aliphatic hydroxyl groups excluding tert-OH is 1. The first-order valence-electron chi connectivity index (χ1n) is 7.57. The zero-order valence-corrected chi connectivity index (χ0v) is 13.3. The molecule has 1 fully saturated rings. The first-order valence-corrected chi connectivity index (χ1v) is 7.95. The Balaban J connectivity index is 1.93. The van der Waals surface area contributed by atoms with Crippen LogP contribution in [0, 0.1) is 17.8 Å². The molecule has 5 unspecified atom stereocenters. The summed E-state index contributed by atoms with van der Waals surface area (Å²) in [6.45, 7) is 6.53. The standard InChI is InChI=1S/C17H25ClO2/c1-11-7-8-14(9-12(11)2)17(19)13(3)20-16-6-4-5-15(18)10-16/h4-6,10-14,17,19H,7-9H2,1-3H3. The van der Waals surface area contributed by atoms with E-state index in [1.165, 1.54) is 6.42 Å². The summed E-state index contributed by atoms with van der Waals surface area (Å²) in [7, 11) is 0. The summed E-state index contributed by atoms with van der Waals surface area (Å²) >= 11 is 5.95. The van der Waals surface area contributed by atoms with Gasteiger partial charge in [-0.25, -0.2) is 0 Å². The molecule has 112 valence electrons. The summed E-state index contributed by atoms with van der Waals surface area (Å²) in [5.41, 5.74) is 0. The van der Waals surface area contributed by atoms with Crippen LogP contribution < -0.4 is 4.74 Å². The maximum atomic E-state index is 10.5. The van der Waals surface area contributed by atoms with Gasteiger partial charge in [0.25, 0.3) is 0 Å². The lowest BCUT2D eigenvalue weighted by Gasteiger charge is -2.36. The summed E-state index contributed by atoms with van der Waals surface area (Å²) < 4.78 is 5.84. The minimum atomic E-state index is -0.413. The first kappa shape index (κ1) is 15.7. The van der Waals surface area contributed by atoms with Crippen molar-refractivity contribution in [2.75, 3.05) is 0 Å². The average molecular weight is 297 g/mol. The lowest BCUT2D eigenvalue weighted by atomic mass is 9.73. The van der Waals surface area contributed by atoms with E-state index in [-0.39, 0.29) is 6.10 Å². The quantitative estimate of drug-likeness (QED) is 0.884. The Morgan fingerprint density at radius 3 is 2.65 bits per heavy atom. The van der Waals surface area contributed by atoms with E-state index in [0.29, 0.717) is 16.9 Å². The van der Waals surface area contributed by atoms with Crippen LogP contribution in [0.2, 0.25) is 5.02 Å². The van der Waals surface area contributed by atoms with Gasteiger partial charge in [-0.1, -0.05) is 37.9 Å². The van der Waals surface area contributed by atoms with E-state index in [9.17, 15) is 5.11 Å². The monoisotopic (exact) mass is 296 g/mol. The Hall–Kier alpha value is -0.730. The number of benzene rings is 1. The van der Waals surface area contributed by atoms with Crippen LogP contribution in [0.1, 0.15) is 40.0 Å². The minimum Gasteiger partial charge on any atom is -0.488 e. The van der Waals surface area contributed by atoms with Crippen molar-refractivity contribution in [3.8, 4) is 5.75 Å². The number of halogens is 1. The Morgan fingerprint density at radius 2 is 2.00 bits per heavy atom. The summed E-state index contributed by atoms with van der Waals surface area (Å²) in [4.78, 5) is 0. The summed E-state index contributed by atoms with van der Waals surface area (Å²) in [5.74, 6) is 2.51. The Labute approximate surface area is 127 Å². The van der Waals surface area contributed by atoms with Gasteiger partial charge in [0.05, 0.1) is 6.10 Å². The molecule has 0 bridgehead atoms. The van der Waals surface area contributed by atoms with Crippen LogP contribution in [0.25, 0.3) is 0 Å². The van der Waals surface area contributed by atoms with Crippen molar-refractivity contribution in [2.24, 2.45) is 17.8 Å². The second kappa shape index (κ2) is 6.82. The third-order valence-corrected chi connectivity index (χ3v) is 4.96. The average Bonchev–Trinajstić information content (AvgIpc) is 2.41. The maximum Gasteiger partial charge on any atom is 0.122 e. The second-order valence-corrected chi connectivity index (χ2v) is 6.74. The molecule has 0 radical (unpaired) electrons. The van der Waals surface area contributed by atoms with Crippen LogP contribution in [0.15, 0.2) is 24.3 Å². The molecule has 5 atom stereocenters. The van der Waals surface area contributed by atoms with Gasteiger partial charge in [0.2, 0.25) is 0 Å². The van der Waals surface area contributed by atoms with Crippen LogP contribution in [-0.2, 0) is 0 Å². The normalized spacial score (nSPS) is 29.8. The predicted octanol–water partition coefficient (Wildman–Crippen LogP) is 4.54. The predicted molar refractivity (Wildman–Crippen MR) is 83.2 cm³/mol. The molecule has 0 saturated heterocycles. The third kappa shape index (κ3) is 3.89. The van der Waals surface area contributed by atoms with E-state index in [0.717, 1.165) is 24.5 Å². The van der Waals surface area contributed by atoms with Gasteiger partial charge in [0.1, 0.15) is 11.9 Å². The van der Waals surface area contributed by atoms with Crippen molar-refractivity contribution >= 4 is 11.6 Å². The first-order chi connectivity index (χ1) is 9.47. The van der Waals surface area contributed by atoms with Crippen molar-refractivity contribution in [1.29, 1.82) is 0 Å². The molecule has 1 aromatic carbocycles. The number of hydrogen-bond donors (Lipinski definition) is 1. The highest BCUT2D eigenvalue weighted by Crippen LogP contribution is 2.36. The lowest BCUT2D eigenvalue weighted by Crippen LogP contribution is -2.38. The van der Waals surface area contributed by atoms with Crippen LogP contribution in [0.4, 0.5) is 0 Å². The zero-order chi connectivity index (χ0) is 14.7. The molecule has 1 aliphatic carbocycles. The Kier molecular flexibility index (Phi) is 5.34. The van der Waals surface area contributed by atoms with E-state index in [1.807, 2.05) is 25.1 Å².